The van der Waals surface area contributed by atoms with Gasteiger partial charge in [0.15, 0.2) is 5.78 Å². The molecule has 0 fully saturated rings. The first-order valence-electron chi connectivity index (χ1n) is 10.6. The van der Waals surface area contributed by atoms with E-state index in [4.69, 9.17) is 0 Å². The van der Waals surface area contributed by atoms with Crippen molar-refractivity contribution in [2.75, 3.05) is 0 Å². The Hall–Kier alpha value is -3.57. The van der Waals surface area contributed by atoms with E-state index < -0.39 is 0 Å². The zero-order chi connectivity index (χ0) is 22.2. The van der Waals surface area contributed by atoms with Gasteiger partial charge in [0.1, 0.15) is 4.83 Å². The average molecular weight is 439 g/mol. The molecule has 158 valence electrons. The summed E-state index contributed by atoms with van der Waals surface area (Å²) < 4.78 is 1.42. The number of hydrogen-bond acceptors (Lipinski definition) is 4. The number of ketones is 1. The van der Waals surface area contributed by atoms with Crippen LogP contribution in [0.25, 0.3) is 32.1 Å². The van der Waals surface area contributed by atoms with Gasteiger partial charge >= 0.3 is 0 Å². The third-order valence-corrected chi connectivity index (χ3v) is 6.72. The molecule has 0 aliphatic heterocycles. The molecule has 0 bridgehead atoms. The molecule has 0 radical (unpaired) electrons. The Bertz CT molecular complexity index is 1510. The summed E-state index contributed by atoms with van der Waals surface area (Å²) in [6, 6.07) is 21.8. The molecule has 0 amide bonds. The molecule has 32 heavy (non-hydrogen) atoms. The van der Waals surface area contributed by atoms with Crippen molar-refractivity contribution >= 4 is 38.1 Å². The molecule has 5 heteroatoms. The first kappa shape index (κ1) is 20.3. The van der Waals surface area contributed by atoms with Gasteiger partial charge in [0.05, 0.1) is 18.3 Å². The fraction of sp³-hybridized carbons (Fsp3) is 0.148. The Morgan fingerprint density at radius 3 is 2.50 bits per heavy atom. The Labute approximate surface area is 189 Å². The highest BCUT2D eigenvalue weighted by Crippen LogP contribution is 2.31. The van der Waals surface area contributed by atoms with E-state index in [1.807, 2.05) is 60.0 Å². The van der Waals surface area contributed by atoms with E-state index in [0.717, 1.165) is 21.9 Å². The highest BCUT2D eigenvalue weighted by Gasteiger charge is 2.16. The topological polar surface area (TPSA) is 52.0 Å². The Morgan fingerprint density at radius 2 is 1.75 bits per heavy atom. The molecule has 0 atom stereocenters. The summed E-state index contributed by atoms with van der Waals surface area (Å²) in [5.41, 5.74) is 3.51. The molecule has 0 saturated heterocycles. The van der Waals surface area contributed by atoms with Gasteiger partial charge in [0.25, 0.3) is 5.56 Å². The molecule has 0 N–H and O–H groups in total. The van der Waals surface area contributed by atoms with Gasteiger partial charge in [0.2, 0.25) is 0 Å². The smallest absolute Gasteiger partial charge is 0.263 e. The zero-order valence-electron chi connectivity index (χ0n) is 17.9. The van der Waals surface area contributed by atoms with Gasteiger partial charge in [0, 0.05) is 16.5 Å². The number of Topliss-reactive ketones (excluding diaryl/α,β-unsaturated/α-hetero) is 1. The predicted molar refractivity (Wildman–Crippen MR) is 132 cm³/mol. The fourth-order valence-electron chi connectivity index (χ4n) is 3.95. The van der Waals surface area contributed by atoms with Crippen molar-refractivity contribution in [3.05, 3.63) is 99.9 Å². The van der Waals surface area contributed by atoms with E-state index in [-0.39, 0.29) is 17.9 Å². The maximum Gasteiger partial charge on any atom is 0.263 e. The lowest BCUT2D eigenvalue weighted by Gasteiger charge is -2.08. The summed E-state index contributed by atoms with van der Waals surface area (Å²) in [4.78, 5) is 31.4. The molecule has 2 aromatic heterocycles. The molecule has 5 rings (SSSR count). The molecule has 0 spiro atoms. The summed E-state index contributed by atoms with van der Waals surface area (Å²) >= 11 is 1.45. The molecule has 4 nitrogen and oxygen atoms in total. The van der Waals surface area contributed by atoms with Crippen LogP contribution in [0.2, 0.25) is 0 Å². The number of nitrogens with zero attached hydrogens (tertiary/aromatic N) is 2. The van der Waals surface area contributed by atoms with Crippen LogP contribution in [0.4, 0.5) is 0 Å². The van der Waals surface area contributed by atoms with Gasteiger partial charge in [-0.15, -0.1) is 11.3 Å². The number of carbonyl (C=O) groups excluding carboxylic acids is 1. The van der Waals surface area contributed by atoms with Gasteiger partial charge < -0.3 is 0 Å². The van der Waals surface area contributed by atoms with Crippen LogP contribution in [0.3, 0.4) is 0 Å². The van der Waals surface area contributed by atoms with Crippen molar-refractivity contribution < 1.29 is 4.79 Å². The maximum atomic E-state index is 13.3. The van der Waals surface area contributed by atoms with Gasteiger partial charge in [-0.05, 0) is 33.9 Å². The van der Waals surface area contributed by atoms with Crippen molar-refractivity contribution in [1.82, 2.24) is 9.55 Å². The molecule has 0 unspecified atom stereocenters. The summed E-state index contributed by atoms with van der Waals surface area (Å²) in [5.74, 6) is 0.334. The third kappa shape index (κ3) is 3.65. The molecule has 0 aliphatic carbocycles. The number of carbonyl (C=O) groups is 1. The lowest BCUT2D eigenvalue weighted by Crippen LogP contribution is -2.24. The quantitative estimate of drug-likeness (QED) is 0.303. The van der Waals surface area contributed by atoms with Crippen LogP contribution in [0.15, 0.2) is 83.2 Å². The summed E-state index contributed by atoms with van der Waals surface area (Å²) in [6.07, 6.45) is 1.48. The number of hydrogen-bond donors (Lipinski definition) is 0. The van der Waals surface area contributed by atoms with Gasteiger partial charge in [-0.2, -0.15) is 0 Å². The zero-order valence-corrected chi connectivity index (χ0v) is 18.7. The second-order valence-electron chi connectivity index (χ2n) is 8.27. The second kappa shape index (κ2) is 8.17. The van der Waals surface area contributed by atoms with Crippen molar-refractivity contribution in [3.8, 4) is 11.1 Å². The first-order valence-corrected chi connectivity index (χ1v) is 11.5. The second-order valence-corrected chi connectivity index (χ2v) is 9.13. The molecule has 5 aromatic rings. The van der Waals surface area contributed by atoms with Crippen LogP contribution in [0.1, 0.15) is 35.7 Å². The minimum atomic E-state index is -0.187. The van der Waals surface area contributed by atoms with Crippen molar-refractivity contribution in [2.45, 2.75) is 26.3 Å². The fourth-order valence-corrected chi connectivity index (χ4v) is 4.86. The maximum absolute atomic E-state index is 13.3. The number of rotatable bonds is 5. The van der Waals surface area contributed by atoms with E-state index in [1.54, 1.807) is 0 Å². The normalized spacial score (nSPS) is 11.5. The number of fused-ring (bicyclic) bond motifs is 2. The predicted octanol–water partition coefficient (Wildman–Crippen LogP) is 6.28. The van der Waals surface area contributed by atoms with E-state index in [9.17, 15) is 9.59 Å². The van der Waals surface area contributed by atoms with E-state index >= 15 is 0 Å². The number of aromatic nitrogens is 2. The molecular weight excluding hydrogens is 416 g/mol. The van der Waals surface area contributed by atoms with Crippen LogP contribution < -0.4 is 5.56 Å². The highest BCUT2D eigenvalue weighted by molar-refractivity contribution is 7.17. The minimum Gasteiger partial charge on any atom is -0.292 e. The van der Waals surface area contributed by atoms with Gasteiger partial charge in [-0.1, -0.05) is 74.5 Å². The summed E-state index contributed by atoms with van der Waals surface area (Å²) in [6.45, 7) is 4.27. The van der Waals surface area contributed by atoms with Crippen LogP contribution in [-0.2, 0) is 6.54 Å². The lowest BCUT2D eigenvalue weighted by molar-refractivity contribution is 0.0971. The monoisotopic (exact) mass is 438 g/mol. The number of benzene rings is 3. The molecule has 2 heterocycles. The standard InChI is InChI=1S/C27H22N2O2S/c1-17(2)18-7-10-20(11-8-18)23-15-32-26-25(23)27(31)29(16-28-26)14-24(30)22-12-9-19-5-3-4-6-21(19)13-22/h3-13,15-17H,14H2,1-2H3. The Morgan fingerprint density at radius 1 is 1.00 bits per heavy atom. The highest BCUT2D eigenvalue weighted by atomic mass is 32.1. The number of thiophene rings is 1. The van der Waals surface area contributed by atoms with Crippen LogP contribution in [0, 0.1) is 0 Å². The van der Waals surface area contributed by atoms with Crippen LogP contribution >= 0.6 is 11.3 Å². The Kier molecular flexibility index (Phi) is 5.19. The van der Waals surface area contributed by atoms with Crippen molar-refractivity contribution in [3.63, 3.8) is 0 Å². The lowest BCUT2D eigenvalue weighted by atomic mass is 9.99. The minimum absolute atomic E-state index is 0.0400. The Balaban J connectivity index is 1.50. The van der Waals surface area contributed by atoms with E-state index in [0.29, 0.717) is 21.7 Å². The van der Waals surface area contributed by atoms with Crippen molar-refractivity contribution in [1.29, 1.82) is 0 Å². The van der Waals surface area contributed by atoms with Gasteiger partial charge in [-0.3, -0.25) is 14.2 Å². The summed E-state index contributed by atoms with van der Waals surface area (Å²) in [7, 11) is 0. The van der Waals surface area contributed by atoms with Crippen LogP contribution in [0.5, 0.6) is 0 Å². The molecule has 0 aliphatic rings. The average Bonchev–Trinajstić information content (AvgIpc) is 3.25. The molecule has 3 aromatic carbocycles. The largest absolute Gasteiger partial charge is 0.292 e. The molecule has 0 saturated carbocycles. The summed E-state index contributed by atoms with van der Waals surface area (Å²) in [5, 5.41) is 4.62. The SMILES string of the molecule is CC(C)c1ccc(-c2csc3ncn(CC(=O)c4ccc5ccccc5c4)c(=O)c23)cc1. The van der Waals surface area contributed by atoms with Crippen molar-refractivity contribution in [2.24, 2.45) is 0 Å². The first-order chi connectivity index (χ1) is 15.5. The third-order valence-electron chi connectivity index (χ3n) is 5.83. The van der Waals surface area contributed by atoms with E-state index in [2.05, 4.69) is 31.0 Å². The van der Waals surface area contributed by atoms with Gasteiger partial charge in [-0.25, -0.2) is 4.98 Å². The molecular formula is C27H22N2O2S. The van der Waals surface area contributed by atoms with Crippen LogP contribution in [-0.4, -0.2) is 15.3 Å². The van der Waals surface area contributed by atoms with E-state index in [1.165, 1.54) is 27.8 Å².